The summed E-state index contributed by atoms with van der Waals surface area (Å²) in [5.41, 5.74) is 2.60. The number of ether oxygens (including phenoxy) is 1. The van der Waals surface area contributed by atoms with Crippen molar-refractivity contribution < 1.29 is 14.3 Å². The van der Waals surface area contributed by atoms with E-state index in [4.69, 9.17) is 4.74 Å². The number of anilines is 2. The molecule has 6 heteroatoms. The first kappa shape index (κ1) is 21.9. The third-order valence-corrected chi connectivity index (χ3v) is 5.75. The standard InChI is InChI=1S/C26H31N3O3/c1-17(2)13-18(3)29(22-9-10-24-20(14-22)11-12-27-24)25(30)16-32-23-6-4-5-21(15-23)28-26(31)19-7-8-19/h4-6,9-12,14-15,17-19,27H,7-8,13,16H2,1-3H3,(H,28,31)/t18-/m1/s1. The molecular weight excluding hydrogens is 402 g/mol. The summed E-state index contributed by atoms with van der Waals surface area (Å²) in [6, 6.07) is 15.3. The summed E-state index contributed by atoms with van der Waals surface area (Å²) in [6.07, 6.45) is 4.70. The lowest BCUT2D eigenvalue weighted by molar-refractivity contribution is -0.121. The van der Waals surface area contributed by atoms with Gasteiger partial charge in [-0.2, -0.15) is 0 Å². The number of H-pyrrole nitrogens is 1. The van der Waals surface area contributed by atoms with Gasteiger partial charge in [0.15, 0.2) is 6.61 Å². The lowest BCUT2D eigenvalue weighted by Crippen LogP contribution is -2.42. The van der Waals surface area contributed by atoms with E-state index in [9.17, 15) is 9.59 Å². The van der Waals surface area contributed by atoms with Crippen LogP contribution in [0.3, 0.4) is 0 Å². The summed E-state index contributed by atoms with van der Waals surface area (Å²) in [5.74, 6) is 1.11. The molecule has 3 aromatic rings. The number of aromatic amines is 1. The number of nitrogens with one attached hydrogen (secondary N) is 2. The number of amides is 2. The molecule has 2 amide bonds. The number of carbonyl (C=O) groups is 2. The Morgan fingerprint density at radius 3 is 2.69 bits per heavy atom. The fourth-order valence-corrected chi connectivity index (χ4v) is 4.09. The van der Waals surface area contributed by atoms with Crippen molar-refractivity contribution in [2.45, 2.75) is 46.1 Å². The second-order valence-corrected chi connectivity index (χ2v) is 9.07. The fourth-order valence-electron chi connectivity index (χ4n) is 4.09. The highest BCUT2D eigenvalue weighted by Gasteiger charge is 2.29. The van der Waals surface area contributed by atoms with Gasteiger partial charge in [0.1, 0.15) is 5.75 Å². The Morgan fingerprint density at radius 1 is 1.12 bits per heavy atom. The van der Waals surface area contributed by atoms with Crippen molar-refractivity contribution in [2.75, 3.05) is 16.8 Å². The highest BCUT2D eigenvalue weighted by Crippen LogP contribution is 2.31. The van der Waals surface area contributed by atoms with Gasteiger partial charge in [-0.25, -0.2) is 0 Å². The molecule has 2 N–H and O–H groups in total. The van der Waals surface area contributed by atoms with E-state index >= 15 is 0 Å². The molecule has 1 aliphatic carbocycles. The maximum atomic E-state index is 13.3. The Hall–Kier alpha value is -3.28. The van der Waals surface area contributed by atoms with Crippen LogP contribution < -0.4 is 15.0 Å². The van der Waals surface area contributed by atoms with E-state index in [1.807, 2.05) is 47.5 Å². The first-order valence-electron chi connectivity index (χ1n) is 11.3. The van der Waals surface area contributed by atoms with Crippen molar-refractivity contribution in [1.29, 1.82) is 0 Å². The quantitative estimate of drug-likeness (QED) is 0.477. The van der Waals surface area contributed by atoms with Crippen molar-refractivity contribution >= 4 is 34.1 Å². The molecular formula is C26H31N3O3. The number of nitrogens with zero attached hydrogens (tertiary/aromatic N) is 1. The van der Waals surface area contributed by atoms with Crippen LogP contribution in [0.1, 0.15) is 40.0 Å². The van der Waals surface area contributed by atoms with Crippen molar-refractivity contribution in [3.05, 3.63) is 54.7 Å². The number of benzene rings is 2. The molecule has 0 bridgehead atoms. The van der Waals surface area contributed by atoms with Gasteiger partial charge in [-0.15, -0.1) is 0 Å². The molecule has 2 aromatic carbocycles. The van der Waals surface area contributed by atoms with E-state index in [0.29, 0.717) is 17.4 Å². The molecule has 1 heterocycles. The Balaban J connectivity index is 1.47. The normalized spacial score (nSPS) is 14.4. The van der Waals surface area contributed by atoms with E-state index in [0.717, 1.165) is 35.9 Å². The fraction of sp³-hybridized carbons (Fsp3) is 0.385. The maximum Gasteiger partial charge on any atom is 0.265 e. The molecule has 0 saturated heterocycles. The molecule has 0 unspecified atom stereocenters. The van der Waals surface area contributed by atoms with E-state index in [2.05, 4.69) is 31.1 Å². The predicted molar refractivity (Wildman–Crippen MR) is 128 cm³/mol. The van der Waals surface area contributed by atoms with E-state index in [1.54, 1.807) is 12.1 Å². The van der Waals surface area contributed by atoms with Crippen LogP contribution in [-0.4, -0.2) is 29.4 Å². The van der Waals surface area contributed by atoms with Crippen LogP contribution in [0, 0.1) is 11.8 Å². The first-order valence-corrected chi connectivity index (χ1v) is 11.3. The molecule has 32 heavy (non-hydrogen) atoms. The molecule has 1 aromatic heterocycles. The predicted octanol–water partition coefficient (Wildman–Crippen LogP) is 5.36. The number of hydrogen-bond donors (Lipinski definition) is 2. The molecule has 0 aliphatic heterocycles. The van der Waals surface area contributed by atoms with Crippen LogP contribution in [0.4, 0.5) is 11.4 Å². The highest BCUT2D eigenvalue weighted by atomic mass is 16.5. The first-order chi connectivity index (χ1) is 15.4. The third-order valence-electron chi connectivity index (χ3n) is 5.75. The highest BCUT2D eigenvalue weighted by molar-refractivity contribution is 5.97. The van der Waals surface area contributed by atoms with Crippen LogP contribution >= 0.6 is 0 Å². The van der Waals surface area contributed by atoms with Crippen LogP contribution in [0.2, 0.25) is 0 Å². The van der Waals surface area contributed by atoms with Gasteiger partial charge in [-0.1, -0.05) is 19.9 Å². The van der Waals surface area contributed by atoms with Gasteiger partial charge in [-0.3, -0.25) is 9.59 Å². The van der Waals surface area contributed by atoms with Crippen LogP contribution in [0.15, 0.2) is 54.7 Å². The molecule has 4 rings (SSSR count). The van der Waals surface area contributed by atoms with E-state index in [-0.39, 0.29) is 30.4 Å². The van der Waals surface area contributed by atoms with E-state index < -0.39 is 0 Å². The molecule has 0 spiro atoms. The lowest BCUT2D eigenvalue weighted by Gasteiger charge is -2.30. The van der Waals surface area contributed by atoms with Crippen molar-refractivity contribution in [3.8, 4) is 5.75 Å². The molecule has 1 aliphatic rings. The average molecular weight is 434 g/mol. The minimum absolute atomic E-state index is 0.0339. The molecule has 6 nitrogen and oxygen atoms in total. The van der Waals surface area contributed by atoms with Gasteiger partial charge >= 0.3 is 0 Å². The van der Waals surface area contributed by atoms with Crippen molar-refractivity contribution in [1.82, 2.24) is 4.98 Å². The minimum atomic E-state index is -0.0968. The molecule has 1 atom stereocenters. The summed E-state index contributed by atoms with van der Waals surface area (Å²) in [4.78, 5) is 30.4. The smallest absolute Gasteiger partial charge is 0.265 e. The second-order valence-electron chi connectivity index (χ2n) is 9.07. The molecule has 0 radical (unpaired) electrons. The Morgan fingerprint density at radius 2 is 1.94 bits per heavy atom. The summed E-state index contributed by atoms with van der Waals surface area (Å²) in [7, 11) is 0. The van der Waals surface area contributed by atoms with Crippen LogP contribution in [0.25, 0.3) is 10.9 Å². The van der Waals surface area contributed by atoms with Gasteiger partial charge in [0.2, 0.25) is 5.91 Å². The monoisotopic (exact) mass is 433 g/mol. The van der Waals surface area contributed by atoms with Crippen molar-refractivity contribution in [3.63, 3.8) is 0 Å². The zero-order valence-electron chi connectivity index (χ0n) is 18.9. The second kappa shape index (κ2) is 9.47. The SMILES string of the molecule is CC(C)C[C@@H](C)N(C(=O)COc1cccc(NC(=O)C2CC2)c1)c1ccc2[nH]ccc2c1. The lowest BCUT2D eigenvalue weighted by atomic mass is 10.0. The van der Waals surface area contributed by atoms with Gasteiger partial charge in [0.25, 0.3) is 5.91 Å². The Kier molecular flexibility index (Phi) is 6.49. The average Bonchev–Trinajstić information content (AvgIpc) is 3.50. The van der Waals surface area contributed by atoms with Crippen molar-refractivity contribution in [2.24, 2.45) is 11.8 Å². The summed E-state index contributed by atoms with van der Waals surface area (Å²) in [5, 5.41) is 3.98. The summed E-state index contributed by atoms with van der Waals surface area (Å²) in [6.45, 7) is 6.32. The Bertz CT molecular complexity index is 1100. The van der Waals surface area contributed by atoms with Gasteiger partial charge in [0.05, 0.1) is 0 Å². The van der Waals surface area contributed by atoms with Gasteiger partial charge < -0.3 is 19.9 Å². The van der Waals surface area contributed by atoms with Crippen LogP contribution in [-0.2, 0) is 9.59 Å². The summed E-state index contributed by atoms with van der Waals surface area (Å²) < 4.78 is 5.85. The largest absolute Gasteiger partial charge is 0.484 e. The van der Waals surface area contributed by atoms with Gasteiger partial charge in [-0.05, 0) is 68.5 Å². The number of hydrogen-bond acceptors (Lipinski definition) is 3. The number of fused-ring (bicyclic) bond motifs is 1. The van der Waals surface area contributed by atoms with E-state index in [1.165, 1.54) is 0 Å². The molecule has 1 fully saturated rings. The minimum Gasteiger partial charge on any atom is -0.484 e. The van der Waals surface area contributed by atoms with Gasteiger partial charge in [0, 0.05) is 46.5 Å². The number of aromatic nitrogens is 1. The van der Waals surface area contributed by atoms with Crippen LogP contribution in [0.5, 0.6) is 5.75 Å². The Labute approximate surface area is 188 Å². The zero-order chi connectivity index (χ0) is 22.7. The third kappa shape index (κ3) is 5.31. The molecule has 1 saturated carbocycles. The zero-order valence-corrected chi connectivity index (χ0v) is 18.9. The number of rotatable bonds is 9. The summed E-state index contributed by atoms with van der Waals surface area (Å²) >= 11 is 0. The molecule has 168 valence electrons. The maximum absolute atomic E-state index is 13.3. The topological polar surface area (TPSA) is 74.4 Å². The number of carbonyl (C=O) groups excluding carboxylic acids is 2.